The van der Waals surface area contributed by atoms with E-state index in [4.69, 9.17) is 5.73 Å². The first-order valence-corrected chi connectivity index (χ1v) is 6.11. The van der Waals surface area contributed by atoms with Crippen molar-refractivity contribution in [3.05, 3.63) is 42.0 Å². The van der Waals surface area contributed by atoms with Crippen LogP contribution in [0.25, 0.3) is 10.8 Å². The number of phenolic OH excluding ortho intramolecular Hbond substituents is 1. The summed E-state index contributed by atoms with van der Waals surface area (Å²) in [6.07, 6.45) is 1.00. The number of benzene rings is 2. The smallest absolute Gasteiger partial charge is 0.120 e. The Bertz CT molecular complexity index is 527. The fourth-order valence-electron chi connectivity index (χ4n) is 2.17. The van der Waals surface area contributed by atoms with Crippen molar-refractivity contribution in [3.8, 4) is 5.75 Å². The number of fused-ring (bicyclic) bond motifs is 1. The highest BCUT2D eigenvalue weighted by atomic mass is 35.5. The Balaban J connectivity index is 0.00000162. The predicted octanol–water partition coefficient (Wildman–Crippen LogP) is 4.01. The molecule has 2 aromatic carbocycles. The molecule has 2 aromatic rings. The number of aromatic hydroxyl groups is 1. The van der Waals surface area contributed by atoms with Gasteiger partial charge in [-0.15, -0.1) is 12.4 Å². The second-order valence-electron chi connectivity index (χ2n) is 4.63. The van der Waals surface area contributed by atoms with Crippen LogP contribution in [0.1, 0.15) is 31.9 Å². The normalized spacial score (nSPS) is 13.9. The average Bonchev–Trinajstić information content (AvgIpc) is 2.37. The molecule has 2 atom stereocenters. The quantitative estimate of drug-likeness (QED) is 0.881. The van der Waals surface area contributed by atoms with Gasteiger partial charge in [0, 0.05) is 11.6 Å². The molecule has 0 spiro atoms. The van der Waals surface area contributed by atoms with Crippen LogP contribution < -0.4 is 5.73 Å². The van der Waals surface area contributed by atoms with Gasteiger partial charge in [0.25, 0.3) is 0 Å². The summed E-state index contributed by atoms with van der Waals surface area (Å²) in [5.41, 5.74) is 7.13. The second-order valence-corrected chi connectivity index (χ2v) is 4.63. The Kier molecular flexibility index (Phi) is 5.00. The largest absolute Gasteiger partial charge is 0.508 e. The van der Waals surface area contributed by atoms with Crippen molar-refractivity contribution in [2.45, 2.75) is 26.3 Å². The van der Waals surface area contributed by atoms with Crippen LogP contribution >= 0.6 is 12.4 Å². The van der Waals surface area contributed by atoms with Crippen LogP contribution in [0.4, 0.5) is 0 Å². The van der Waals surface area contributed by atoms with Gasteiger partial charge in [0.05, 0.1) is 0 Å². The maximum Gasteiger partial charge on any atom is 0.120 e. The van der Waals surface area contributed by atoms with Crippen LogP contribution in [0, 0.1) is 5.92 Å². The minimum atomic E-state index is -0.119. The molecule has 0 heterocycles. The van der Waals surface area contributed by atoms with Crippen LogP contribution in [0.15, 0.2) is 36.4 Å². The highest BCUT2D eigenvalue weighted by Gasteiger charge is 2.19. The Morgan fingerprint density at radius 2 is 1.83 bits per heavy atom. The summed E-state index contributed by atoms with van der Waals surface area (Å²) in [6.45, 7) is 4.23. The number of hydrogen-bond acceptors (Lipinski definition) is 2. The predicted molar refractivity (Wildman–Crippen MR) is 79.2 cm³/mol. The average molecular weight is 266 g/mol. The highest BCUT2D eigenvalue weighted by Crippen LogP contribution is 2.35. The van der Waals surface area contributed by atoms with Crippen molar-refractivity contribution >= 4 is 23.2 Å². The fourth-order valence-corrected chi connectivity index (χ4v) is 2.17. The minimum Gasteiger partial charge on any atom is -0.508 e. The Labute approximate surface area is 114 Å². The lowest BCUT2D eigenvalue weighted by Gasteiger charge is -2.21. The summed E-state index contributed by atoms with van der Waals surface area (Å²) in [4.78, 5) is 0. The van der Waals surface area contributed by atoms with Crippen molar-refractivity contribution in [1.29, 1.82) is 0 Å². The summed E-state index contributed by atoms with van der Waals surface area (Å²) in [7, 11) is 0. The maximum atomic E-state index is 10.0. The van der Waals surface area contributed by atoms with Crippen LogP contribution in [-0.2, 0) is 0 Å². The summed E-state index contributed by atoms with van der Waals surface area (Å²) in [5.74, 6) is 0.656. The molecule has 0 aromatic heterocycles. The molecule has 0 amide bonds. The third kappa shape index (κ3) is 2.60. The molecule has 3 heteroatoms. The van der Waals surface area contributed by atoms with Gasteiger partial charge < -0.3 is 10.8 Å². The van der Waals surface area contributed by atoms with Crippen molar-refractivity contribution in [2.24, 2.45) is 11.7 Å². The van der Waals surface area contributed by atoms with Crippen LogP contribution in [0.5, 0.6) is 5.75 Å². The van der Waals surface area contributed by atoms with Gasteiger partial charge in [0.1, 0.15) is 5.75 Å². The third-order valence-corrected chi connectivity index (χ3v) is 3.54. The number of rotatable bonds is 3. The molecule has 0 fully saturated rings. The molecule has 0 bridgehead atoms. The van der Waals surface area contributed by atoms with Crippen molar-refractivity contribution in [1.82, 2.24) is 0 Å². The topological polar surface area (TPSA) is 46.2 Å². The van der Waals surface area contributed by atoms with E-state index in [-0.39, 0.29) is 18.4 Å². The van der Waals surface area contributed by atoms with Gasteiger partial charge >= 0.3 is 0 Å². The third-order valence-electron chi connectivity index (χ3n) is 3.54. The first-order valence-electron chi connectivity index (χ1n) is 6.11. The second kappa shape index (κ2) is 6.07. The SMILES string of the molecule is CCC(C)[C@H](N)c1c(O)ccc2ccccc12.Cl. The van der Waals surface area contributed by atoms with E-state index in [1.54, 1.807) is 6.07 Å². The molecular formula is C15H20ClNO. The molecule has 0 saturated carbocycles. The zero-order chi connectivity index (χ0) is 12.4. The van der Waals surface area contributed by atoms with Gasteiger partial charge in [0.2, 0.25) is 0 Å². The van der Waals surface area contributed by atoms with Gasteiger partial charge in [0.15, 0.2) is 0 Å². The molecule has 2 rings (SSSR count). The summed E-state index contributed by atoms with van der Waals surface area (Å²) >= 11 is 0. The molecule has 0 radical (unpaired) electrons. The van der Waals surface area contributed by atoms with Crippen LogP contribution in [0.2, 0.25) is 0 Å². The van der Waals surface area contributed by atoms with Gasteiger partial charge in [-0.2, -0.15) is 0 Å². The lowest BCUT2D eigenvalue weighted by Crippen LogP contribution is -2.19. The Morgan fingerprint density at radius 1 is 1.17 bits per heavy atom. The highest BCUT2D eigenvalue weighted by molar-refractivity contribution is 5.88. The van der Waals surface area contributed by atoms with E-state index in [2.05, 4.69) is 13.8 Å². The molecule has 0 aliphatic rings. The van der Waals surface area contributed by atoms with E-state index < -0.39 is 0 Å². The van der Waals surface area contributed by atoms with Crippen LogP contribution in [-0.4, -0.2) is 5.11 Å². The van der Waals surface area contributed by atoms with Gasteiger partial charge in [-0.25, -0.2) is 0 Å². The first kappa shape index (κ1) is 14.8. The number of hydrogen-bond donors (Lipinski definition) is 2. The maximum absolute atomic E-state index is 10.0. The van der Waals surface area contributed by atoms with Gasteiger partial charge in [-0.3, -0.25) is 0 Å². The standard InChI is InChI=1S/C15H19NO.ClH/c1-3-10(2)15(16)14-12-7-5-4-6-11(12)8-9-13(14)17;/h4-10,15,17H,3,16H2,1-2H3;1H/t10?,15-;/m0./s1. The van der Waals surface area contributed by atoms with Crippen molar-refractivity contribution < 1.29 is 5.11 Å². The van der Waals surface area contributed by atoms with Gasteiger partial charge in [-0.1, -0.05) is 50.6 Å². The lowest BCUT2D eigenvalue weighted by atomic mass is 9.89. The summed E-state index contributed by atoms with van der Waals surface area (Å²) in [6, 6.07) is 11.6. The Hall–Kier alpha value is -1.25. The van der Waals surface area contributed by atoms with Gasteiger partial charge in [-0.05, 0) is 22.8 Å². The molecule has 98 valence electrons. The molecule has 2 nitrogen and oxygen atoms in total. The molecule has 0 aliphatic carbocycles. The van der Waals surface area contributed by atoms with Crippen LogP contribution in [0.3, 0.4) is 0 Å². The first-order chi connectivity index (χ1) is 8.15. The lowest BCUT2D eigenvalue weighted by molar-refractivity contribution is 0.422. The number of nitrogens with two attached hydrogens (primary N) is 1. The zero-order valence-corrected chi connectivity index (χ0v) is 11.6. The summed E-state index contributed by atoms with van der Waals surface area (Å²) in [5, 5.41) is 12.2. The number of halogens is 1. The zero-order valence-electron chi connectivity index (χ0n) is 10.8. The van der Waals surface area contributed by atoms with E-state index in [1.807, 2.05) is 30.3 Å². The van der Waals surface area contributed by atoms with E-state index >= 15 is 0 Å². The monoisotopic (exact) mass is 265 g/mol. The molecule has 3 N–H and O–H groups in total. The van der Waals surface area contributed by atoms with E-state index in [1.165, 1.54) is 0 Å². The minimum absolute atomic E-state index is 0. The fraction of sp³-hybridized carbons (Fsp3) is 0.333. The van der Waals surface area contributed by atoms with E-state index in [0.717, 1.165) is 22.8 Å². The van der Waals surface area contributed by atoms with Crippen molar-refractivity contribution in [3.63, 3.8) is 0 Å². The molecule has 0 saturated heterocycles. The summed E-state index contributed by atoms with van der Waals surface area (Å²) < 4.78 is 0. The van der Waals surface area contributed by atoms with Crippen molar-refractivity contribution in [2.75, 3.05) is 0 Å². The van der Waals surface area contributed by atoms with E-state index in [9.17, 15) is 5.11 Å². The molecular weight excluding hydrogens is 246 g/mol. The number of phenols is 1. The Morgan fingerprint density at radius 3 is 2.50 bits per heavy atom. The molecule has 18 heavy (non-hydrogen) atoms. The van der Waals surface area contributed by atoms with E-state index in [0.29, 0.717) is 11.7 Å². The molecule has 1 unspecified atom stereocenters. The molecule has 0 aliphatic heterocycles.